The van der Waals surface area contributed by atoms with Gasteiger partial charge in [0.2, 0.25) is 5.65 Å². The molecule has 0 unspecified atom stereocenters. The Morgan fingerprint density at radius 3 is 2.35 bits per heavy atom. The number of furan rings is 1. The molecule has 0 atom stereocenters. The molecule has 0 saturated carbocycles. The van der Waals surface area contributed by atoms with Crippen molar-refractivity contribution in [3.8, 4) is 28.3 Å². The summed E-state index contributed by atoms with van der Waals surface area (Å²) in [6, 6.07) is 31.8. The van der Waals surface area contributed by atoms with E-state index in [0.717, 1.165) is 33.2 Å². The summed E-state index contributed by atoms with van der Waals surface area (Å²) in [7, 11) is 0. The summed E-state index contributed by atoms with van der Waals surface area (Å²) in [6.45, 7) is 6.68. The predicted octanol–water partition coefficient (Wildman–Crippen LogP) is 9.82. The fourth-order valence-electron chi connectivity index (χ4n) is 5.87. The fourth-order valence-corrected chi connectivity index (χ4v) is 5.87. The minimum Gasteiger partial charge on any atom is -0.501 e. The van der Waals surface area contributed by atoms with E-state index < -0.39 is 6.85 Å². The molecule has 0 fully saturated rings. The second-order valence-electron chi connectivity index (χ2n) is 12.0. The minimum absolute atomic E-state index is 0. The van der Waals surface area contributed by atoms with Gasteiger partial charge >= 0.3 is 0 Å². The maximum atomic E-state index is 12.7. The molecule has 8 aromatic rings. The molecule has 247 valence electrons. The number of aryl methyl sites for hydroxylation is 1. The topological polar surface area (TPSA) is 82.5 Å². The maximum Gasteiger partial charge on any atom is 0.210 e. The van der Waals surface area contributed by atoms with Crippen LogP contribution in [0.1, 0.15) is 60.3 Å². The molecular formula is C40H33FIrN6O-2. The molecule has 0 aliphatic heterocycles. The van der Waals surface area contributed by atoms with E-state index >= 15 is 0 Å². The van der Waals surface area contributed by atoms with Crippen LogP contribution in [0.5, 0.6) is 0 Å². The molecule has 0 saturated heterocycles. The number of rotatable bonds is 5. The molecule has 0 amide bonds. The van der Waals surface area contributed by atoms with Crippen LogP contribution in [0.3, 0.4) is 0 Å². The van der Waals surface area contributed by atoms with E-state index in [1.807, 2.05) is 30.3 Å². The van der Waals surface area contributed by atoms with Gasteiger partial charge in [-0.3, -0.25) is 9.37 Å². The molecule has 1 radical (unpaired) electrons. The van der Waals surface area contributed by atoms with Crippen LogP contribution in [0.4, 0.5) is 4.39 Å². The summed E-state index contributed by atoms with van der Waals surface area (Å²) in [5.41, 5.74) is 8.45. The number of para-hydroxylation sites is 2. The molecule has 0 aliphatic rings. The van der Waals surface area contributed by atoms with E-state index in [2.05, 4.69) is 88.8 Å². The van der Waals surface area contributed by atoms with Gasteiger partial charge in [-0.05, 0) is 47.1 Å². The van der Waals surface area contributed by atoms with Crippen molar-refractivity contribution in [3.05, 3.63) is 132 Å². The van der Waals surface area contributed by atoms with Gasteiger partial charge in [0, 0.05) is 47.3 Å². The SMILES string of the molecule is CC(C)c1cccc(C(C)C)c1-n1c(-c2[c-]ccc3c2oc2ccccc23)nc2nncnc21.[2H]C([2H])([2H])c1ccc(-c2[c-]cc(F)cc2)nc1.[Ir]. The smallest absolute Gasteiger partial charge is 0.210 e. The zero-order valence-electron chi connectivity index (χ0n) is 30.2. The summed E-state index contributed by atoms with van der Waals surface area (Å²) in [5, 5.41) is 10.4. The molecular weight excluding hydrogens is 792 g/mol. The fraction of sp³-hybridized carbons (Fsp3) is 0.175. The van der Waals surface area contributed by atoms with E-state index in [1.165, 1.54) is 41.9 Å². The number of benzene rings is 4. The van der Waals surface area contributed by atoms with E-state index in [0.29, 0.717) is 40.2 Å². The van der Waals surface area contributed by atoms with Crippen LogP contribution in [0.15, 0.2) is 102 Å². The standard InChI is InChI=1S/C28H24N5O.C12H9FN.Ir/c1-16(2)18-10-7-11-19(17(3)4)24(18)33-27(31-26-28(33)29-15-30-32-26)22-13-8-12-21-20-9-5-6-14-23(20)34-25(21)22;1-9-2-7-12(14-8-9)10-3-5-11(13)6-4-10;/h5-12,14-17H,1-4H3;2-3,5-8H,1H3;/q2*-1;/i;1D3;. The average Bonchev–Trinajstić information content (AvgIpc) is 3.70. The molecule has 8 rings (SSSR count). The zero-order valence-corrected chi connectivity index (χ0v) is 29.6. The first kappa shape index (κ1) is 30.0. The van der Waals surface area contributed by atoms with Crippen LogP contribution in [0.25, 0.3) is 61.6 Å². The monoisotopic (exact) mass is 828 g/mol. The number of fused-ring (bicyclic) bond motifs is 4. The molecule has 0 aliphatic carbocycles. The van der Waals surface area contributed by atoms with Gasteiger partial charge in [-0.1, -0.05) is 87.2 Å². The quantitative estimate of drug-likeness (QED) is 0.161. The third-order valence-electron chi connectivity index (χ3n) is 8.16. The van der Waals surface area contributed by atoms with Gasteiger partial charge in [-0.15, -0.1) is 58.2 Å². The first-order chi connectivity index (χ1) is 24.5. The van der Waals surface area contributed by atoms with Crippen molar-refractivity contribution in [2.24, 2.45) is 0 Å². The molecule has 0 N–H and O–H groups in total. The van der Waals surface area contributed by atoms with Crippen molar-refractivity contribution in [1.82, 2.24) is 29.7 Å². The number of pyridine rings is 1. The number of hydrogen-bond donors (Lipinski definition) is 0. The van der Waals surface area contributed by atoms with E-state index in [-0.39, 0.29) is 31.5 Å². The summed E-state index contributed by atoms with van der Waals surface area (Å²) < 4.78 is 42.8. The first-order valence-electron chi connectivity index (χ1n) is 17.2. The van der Waals surface area contributed by atoms with Crippen LogP contribution in [0.2, 0.25) is 0 Å². The third kappa shape index (κ3) is 6.52. The van der Waals surface area contributed by atoms with Crippen LogP contribution < -0.4 is 0 Å². The summed E-state index contributed by atoms with van der Waals surface area (Å²) in [6.07, 6.45) is 2.78. The molecule has 49 heavy (non-hydrogen) atoms. The van der Waals surface area contributed by atoms with E-state index in [9.17, 15) is 4.39 Å². The molecule has 4 heterocycles. The number of nitrogens with zero attached hydrogens (tertiary/aromatic N) is 6. The predicted molar refractivity (Wildman–Crippen MR) is 187 cm³/mol. The van der Waals surface area contributed by atoms with Crippen LogP contribution in [0, 0.1) is 24.8 Å². The Morgan fingerprint density at radius 1 is 0.857 bits per heavy atom. The Morgan fingerprint density at radius 2 is 1.65 bits per heavy atom. The van der Waals surface area contributed by atoms with Crippen molar-refractivity contribution in [3.63, 3.8) is 0 Å². The van der Waals surface area contributed by atoms with Gasteiger partial charge in [0.1, 0.15) is 11.9 Å². The number of aromatic nitrogens is 6. The Labute approximate surface area is 301 Å². The Hall–Kier alpha value is -5.11. The zero-order chi connectivity index (χ0) is 35.9. The van der Waals surface area contributed by atoms with Crippen molar-refractivity contribution in [2.75, 3.05) is 0 Å². The Kier molecular flexibility index (Phi) is 8.67. The van der Waals surface area contributed by atoms with Crippen molar-refractivity contribution in [2.45, 2.75) is 46.4 Å². The van der Waals surface area contributed by atoms with Gasteiger partial charge in [0.15, 0.2) is 5.65 Å². The largest absolute Gasteiger partial charge is 0.501 e. The number of imidazole rings is 1. The summed E-state index contributed by atoms with van der Waals surface area (Å²) in [5.74, 6) is 0.940. The van der Waals surface area contributed by atoms with E-state index in [1.54, 1.807) is 12.1 Å². The minimum atomic E-state index is -2.15. The molecule has 9 heteroatoms. The van der Waals surface area contributed by atoms with E-state index in [4.69, 9.17) is 13.5 Å². The number of hydrogen-bond acceptors (Lipinski definition) is 6. The van der Waals surface area contributed by atoms with Gasteiger partial charge in [-0.2, -0.15) is 0 Å². The van der Waals surface area contributed by atoms with Crippen molar-refractivity contribution >= 4 is 33.2 Å². The van der Waals surface area contributed by atoms with Crippen LogP contribution in [-0.2, 0) is 20.1 Å². The van der Waals surface area contributed by atoms with Gasteiger partial charge < -0.3 is 14.0 Å². The van der Waals surface area contributed by atoms with Gasteiger partial charge in [-0.25, -0.2) is 4.98 Å². The summed E-state index contributed by atoms with van der Waals surface area (Å²) in [4.78, 5) is 13.6. The number of halogens is 1. The first-order valence-corrected chi connectivity index (χ1v) is 15.7. The third-order valence-corrected chi connectivity index (χ3v) is 8.16. The summed E-state index contributed by atoms with van der Waals surface area (Å²) >= 11 is 0. The second kappa shape index (κ2) is 14.2. The van der Waals surface area contributed by atoms with Gasteiger partial charge in [0.05, 0.1) is 11.4 Å². The molecule has 0 bridgehead atoms. The molecule has 7 nitrogen and oxygen atoms in total. The Bertz CT molecular complexity index is 2470. The normalized spacial score (nSPS) is 12.4. The van der Waals surface area contributed by atoms with Crippen molar-refractivity contribution in [1.29, 1.82) is 0 Å². The van der Waals surface area contributed by atoms with Crippen LogP contribution in [-0.4, -0.2) is 29.7 Å². The van der Waals surface area contributed by atoms with Crippen molar-refractivity contribution < 1.29 is 33.0 Å². The molecule has 4 aromatic heterocycles. The maximum absolute atomic E-state index is 12.7. The average molecular weight is 828 g/mol. The molecule has 4 aromatic carbocycles. The second-order valence-corrected chi connectivity index (χ2v) is 12.0. The van der Waals surface area contributed by atoms with Gasteiger partial charge in [0.25, 0.3) is 0 Å². The molecule has 0 spiro atoms. The van der Waals surface area contributed by atoms with Crippen LogP contribution >= 0.6 is 0 Å². The Balaban J connectivity index is 0.000000218.